The average Bonchev–Trinajstić information content (AvgIpc) is 2.75. The Balaban J connectivity index is 1.91. The molecule has 0 amide bonds. The van der Waals surface area contributed by atoms with E-state index in [4.69, 9.17) is 0 Å². The number of rotatable bonds is 3. The third-order valence-electron chi connectivity index (χ3n) is 4.48. The lowest BCUT2D eigenvalue weighted by Gasteiger charge is -2.32. The SMILES string of the molecule is CNC1C(CN2CCCC2)CCC1(C)C. The summed E-state index contributed by atoms with van der Waals surface area (Å²) < 4.78 is 0. The third-order valence-corrected chi connectivity index (χ3v) is 4.48. The van der Waals surface area contributed by atoms with E-state index in [2.05, 4.69) is 31.1 Å². The van der Waals surface area contributed by atoms with E-state index in [0.29, 0.717) is 5.41 Å². The maximum absolute atomic E-state index is 3.55. The predicted octanol–water partition coefficient (Wildman–Crippen LogP) is 2.11. The summed E-state index contributed by atoms with van der Waals surface area (Å²) >= 11 is 0. The van der Waals surface area contributed by atoms with Gasteiger partial charge < -0.3 is 10.2 Å². The maximum Gasteiger partial charge on any atom is 0.0156 e. The zero-order valence-corrected chi connectivity index (χ0v) is 10.6. The molecule has 15 heavy (non-hydrogen) atoms. The molecule has 1 heterocycles. The van der Waals surface area contributed by atoms with Gasteiger partial charge in [0.25, 0.3) is 0 Å². The van der Waals surface area contributed by atoms with E-state index in [9.17, 15) is 0 Å². The Morgan fingerprint density at radius 1 is 1.27 bits per heavy atom. The number of likely N-dealkylation sites (tertiary alicyclic amines) is 1. The van der Waals surface area contributed by atoms with Gasteiger partial charge in [0.1, 0.15) is 0 Å². The number of nitrogens with zero attached hydrogens (tertiary/aromatic N) is 1. The van der Waals surface area contributed by atoms with Gasteiger partial charge in [-0.15, -0.1) is 0 Å². The first kappa shape index (κ1) is 11.4. The van der Waals surface area contributed by atoms with Crippen molar-refractivity contribution in [1.29, 1.82) is 0 Å². The van der Waals surface area contributed by atoms with E-state index in [1.165, 1.54) is 45.3 Å². The molecule has 1 saturated carbocycles. The minimum absolute atomic E-state index is 0.499. The monoisotopic (exact) mass is 210 g/mol. The highest BCUT2D eigenvalue weighted by Crippen LogP contribution is 2.41. The second-order valence-corrected chi connectivity index (χ2v) is 6.06. The van der Waals surface area contributed by atoms with Crippen LogP contribution in [0.3, 0.4) is 0 Å². The van der Waals surface area contributed by atoms with Crippen molar-refractivity contribution in [2.24, 2.45) is 11.3 Å². The Kier molecular flexibility index (Phi) is 3.36. The van der Waals surface area contributed by atoms with Crippen LogP contribution in [0.4, 0.5) is 0 Å². The van der Waals surface area contributed by atoms with Crippen LogP contribution in [0, 0.1) is 11.3 Å². The molecule has 0 radical (unpaired) electrons. The average molecular weight is 210 g/mol. The summed E-state index contributed by atoms with van der Waals surface area (Å²) in [5.41, 5.74) is 0.499. The van der Waals surface area contributed by atoms with Crippen LogP contribution in [0.15, 0.2) is 0 Å². The Bertz CT molecular complexity index is 207. The molecular weight excluding hydrogens is 184 g/mol. The fraction of sp³-hybridized carbons (Fsp3) is 1.00. The molecule has 2 fully saturated rings. The third kappa shape index (κ3) is 2.36. The Morgan fingerprint density at radius 3 is 2.53 bits per heavy atom. The predicted molar refractivity (Wildman–Crippen MR) is 65.0 cm³/mol. The zero-order chi connectivity index (χ0) is 10.9. The summed E-state index contributed by atoms with van der Waals surface area (Å²) in [4.78, 5) is 2.66. The van der Waals surface area contributed by atoms with E-state index in [1.807, 2.05) is 0 Å². The molecule has 2 unspecified atom stereocenters. The van der Waals surface area contributed by atoms with Crippen molar-refractivity contribution in [2.45, 2.75) is 45.6 Å². The lowest BCUT2D eigenvalue weighted by molar-refractivity contribution is 0.211. The molecule has 2 rings (SSSR count). The fourth-order valence-electron chi connectivity index (χ4n) is 3.64. The van der Waals surface area contributed by atoms with Gasteiger partial charge in [-0.2, -0.15) is 0 Å². The topological polar surface area (TPSA) is 15.3 Å². The van der Waals surface area contributed by atoms with Crippen LogP contribution in [0.5, 0.6) is 0 Å². The molecular formula is C13H26N2. The van der Waals surface area contributed by atoms with E-state index in [1.54, 1.807) is 0 Å². The molecule has 1 aliphatic heterocycles. The largest absolute Gasteiger partial charge is 0.316 e. The molecule has 1 aliphatic carbocycles. The molecule has 0 spiro atoms. The summed E-state index contributed by atoms with van der Waals surface area (Å²) in [5, 5.41) is 3.55. The van der Waals surface area contributed by atoms with Gasteiger partial charge in [0.2, 0.25) is 0 Å². The standard InChI is InChI=1S/C13H26N2/c1-13(2)7-6-11(12(13)14-3)10-15-8-4-5-9-15/h11-12,14H,4-10H2,1-3H3. The quantitative estimate of drug-likeness (QED) is 0.767. The van der Waals surface area contributed by atoms with Gasteiger partial charge in [-0.3, -0.25) is 0 Å². The van der Waals surface area contributed by atoms with Crippen molar-refractivity contribution in [3.8, 4) is 0 Å². The molecule has 88 valence electrons. The first-order valence-corrected chi connectivity index (χ1v) is 6.53. The van der Waals surface area contributed by atoms with Gasteiger partial charge in [0, 0.05) is 12.6 Å². The summed E-state index contributed by atoms with van der Waals surface area (Å²) in [7, 11) is 2.13. The van der Waals surface area contributed by atoms with Gasteiger partial charge in [0.05, 0.1) is 0 Å². The molecule has 2 aliphatic rings. The van der Waals surface area contributed by atoms with Gasteiger partial charge in [-0.1, -0.05) is 13.8 Å². The van der Waals surface area contributed by atoms with E-state index in [-0.39, 0.29) is 0 Å². The molecule has 0 aromatic carbocycles. The molecule has 0 aromatic heterocycles. The van der Waals surface area contributed by atoms with Crippen LogP contribution in [0.2, 0.25) is 0 Å². The van der Waals surface area contributed by atoms with Crippen LogP contribution in [0.1, 0.15) is 39.5 Å². The smallest absolute Gasteiger partial charge is 0.0156 e. The fourth-order valence-corrected chi connectivity index (χ4v) is 3.64. The van der Waals surface area contributed by atoms with Crippen LogP contribution in [-0.4, -0.2) is 37.6 Å². The molecule has 0 bridgehead atoms. The second-order valence-electron chi connectivity index (χ2n) is 6.06. The highest BCUT2D eigenvalue weighted by molar-refractivity contribution is 4.96. The van der Waals surface area contributed by atoms with Gasteiger partial charge in [0.15, 0.2) is 0 Å². The Labute approximate surface area is 94.4 Å². The molecule has 2 atom stereocenters. The van der Waals surface area contributed by atoms with E-state index in [0.717, 1.165) is 12.0 Å². The van der Waals surface area contributed by atoms with Crippen LogP contribution < -0.4 is 5.32 Å². The summed E-state index contributed by atoms with van der Waals surface area (Å²) in [6, 6.07) is 0.720. The van der Waals surface area contributed by atoms with Gasteiger partial charge >= 0.3 is 0 Å². The van der Waals surface area contributed by atoms with E-state index >= 15 is 0 Å². The number of hydrogen-bond donors (Lipinski definition) is 1. The van der Waals surface area contributed by atoms with Crippen molar-refractivity contribution in [1.82, 2.24) is 10.2 Å². The molecule has 1 N–H and O–H groups in total. The normalized spacial score (nSPS) is 36.2. The summed E-state index contributed by atoms with van der Waals surface area (Å²) in [6.45, 7) is 8.84. The summed E-state index contributed by atoms with van der Waals surface area (Å²) in [5.74, 6) is 0.878. The second kappa shape index (κ2) is 4.42. The highest BCUT2D eigenvalue weighted by atomic mass is 15.1. The van der Waals surface area contributed by atoms with Crippen LogP contribution in [-0.2, 0) is 0 Å². The highest BCUT2D eigenvalue weighted by Gasteiger charge is 2.41. The minimum Gasteiger partial charge on any atom is -0.316 e. The number of hydrogen-bond acceptors (Lipinski definition) is 2. The lowest BCUT2D eigenvalue weighted by atomic mass is 9.85. The first-order chi connectivity index (χ1) is 7.13. The molecule has 0 aromatic rings. The Hall–Kier alpha value is -0.0800. The molecule has 1 saturated heterocycles. The summed E-state index contributed by atoms with van der Waals surface area (Å²) in [6.07, 6.45) is 5.63. The van der Waals surface area contributed by atoms with Crippen molar-refractivity contribution >= 4 is 0 Å². The zero-order valence-electron chi connectivity index (χ0n) is 10.6. The van der Waals surface area contributed by atoms with Crippen molar-refractivity contribution < 1.29 is 0 Å². The Morgan fingerprint density at radius 2 is 1.93 bits per heavy atom. The minimum atomic E-state index is 0.499. The van der Waals surface area contributed by atoms with Gasteiger partial charge in [-0.05, 0) is 57.2 Å². The van der Waals surface area contributed by atoms with Crippen LogP contribution >= 0.6 is 0 Å². The lowest BCUT2D eigenvalue weighted by Crippen LogP contribution is -2.43. The van der Waals surface area contributed by atoms with Crippen LogP contribution in [0.25, 0.3) is 0 Å². The molecule has 2 nitrogen and oxygen atoms in total. The van der Waals surface area contributed by atoms with Gasteiger partial charge in [-0.25, -0.2) is 0 Å². The molecule has 2 heteroatoms. The van der Waals surface area contributed by atoms with E-state index < -0.39 is 0 Å². The maximum atomic E-state index is 3.55. The van der Waals surface area contributed by atoms with Crippen molar-refractivity contribution in [3.05, 3.63) is 0 Å². The van der Waals surface area contributed by atoms with Crippen molar-refractivity contribution in [3.63, 3.8) is 0 Å². The first-order valence-electron chi connectivity index (χ1n) is 6.53. The van der Waals surface area contributed by atoms with Crippen molar-refractivity contribution in [2.75, 3.05) is 26.7 Å². The number of nitrogens with one attached hydrogen (secondary N) is 1.